The van der Waals surface area contributed by atoms with E-state index in [2.05, 4.69) is 58.4 Å². The second kappa shape index (κ2) is 8.32. The zero-order valence-electron chi connectivity index (χ0n) is 15.8. The summed E-state index contributed by atoms with van der Waals surface area (Å²) in [5, 5.41) is 12.3. The molecule has 4 nitrogen and oxygen atoms in total. The van der Waals surface area contributed by atoms with Crippen LogP contribution in [0.2, 0.25) is 5.02 Å². The standard InChI is InChI=1S/C22H27ClN4/c1-15(27-26-13-17-2-3-17)18-6-4-16(5-7-18)12-25-22-20-10-11-24-14-19(20)8-9-21(22)23/h4-9,17,24-26H,2-3,10-14H2,1H3/b27-15+. The molecule has 0 bridgehead atoms. The number of nitrogens with one attached hydrogen (secondary N) is 3. The quantitative estimate of drug-likeness (QED) is 0.493. The van der Waals surface area contributed by atoms with Crippen LogP contribution in [0.1, 0.15) is 42.0 Å². The predicted octanol–water partition coefficient (Wildman–Crippen LogP) is 4.32. The molecule has 1 saturated carbocycles. The largest absolute Gasteiger partial charge is 0.380 e. The molecule has 0 amide bonds. The average molecular weight is 383 g/mol. The zero-order valence-corrected chi connectivity index (χ0v) is 16.6. The summed E-state index contributed by atoms with van der Waals surface area (Å²) in [4.78, 5) is 0. The molecule has 0 unspecified atom stereocenters. The number of anilines is 1. The van der Waals surface area contributed by atoms with Gasteiger partial charge in [0.1, 0.15) is 0 Å². The zero-order chi connectivity index (χ0) is 18.6. The van der Waals surface area contributed by atoms with Crippen LogP contribution in [0.5, 0.6) is 0 Å². The number of fused-ring (bicyclic) bond motifs is 1. The molecule has 1 aliphatic carbocycles. The van der Waals surface area contributed by atoms with E-state index < -0.39 is 0 Å². The van der Waals surface area contributed by atoms with E-state index in [4.69, 9.17) is 11.6 Å². The monoisotopic (exact) mass is 382 g/mol. The maximum atomic E-state index is 6.46. The van der Waals surface area contributed by atoms with Crippen molar-refractivity contribution in [3.05, 3.63) is 63.7 Å². The van der Waals surface area contributed by atoms with Gasteiger partial charge in [0.05, 0.1) is 16.4 Å². The molecule has 4 rings (SSSR count). The Labute approximate surface area is 166 Å². The maximum absolute atomic E-state index is 6.46. The molecule has 27 heavy (non-hydrogen) atoms. The summed E-state index contributed by atoms with van der Waals surface area (Å²) >= 11 is 6.46. The van der Waals surface area contributed by atoms with E-state index in [1.54, 1.807) is 0 Å². The van der Waals surface area contributed by atoms with Crippen molar-refractivity contribution in [3.63, 3.8) is 0 Å². The van der Waals surface area contributed by atoms with Crippen LogP contribution in [-0.2, 0) is 19.5 Å². The van der Waals surface area contributed by atoms with Crippen LogP contribution in [0.15, 0.2) is 41.5 Å². The van der Waals surface area contributed by atoms with Gasteiger partial charge in [0, 0.05) is 19.6 Å². The van der Waals surface area contributed by atoms with Gasteiger partial charge in [0.25, 0.3) is 0 Å². The fourth-order valence-corrected chi connectivity index (χ4v) is 3.72. The van der Waals surface area contributed by atoms with E-state index in [9.17, 15) is 0 Å². The normalized spacial score (nSPS) is 16.7. The van der Waals surface area contributed by atoms with Crippen molar-refractivity contribution in [1.82, 2.24) is 10.7 Å². The molecule has 0 saturated heterocycles. The first-order chi connectivity index (χ1) is 13.2. The number of benzene rings is 2. The smallest absolute Gasteiger partial charge is 0.0644 e. The van der Waals surface area contributed by atoms with E-state index in [0.29, 0.717) is 0 Å². The minimum Gasteiger partial charge on any atom is -0.380 e. The summed E-state index contributed by atoms with van der Waals surface area (Å²) in [5.41, 5.74) is 10.4. The third kappa shape index (κ3) is 4.63. The lowest BCUT2D eigenvalue weighted by Gasteiger charge is -2.22. The van der Waals surface area contributed by atoms with Gasteiger partial charge in [-0.2, -0.15) is 5.10 Å². The SMILES string of the molecule is C/C(=N\NCC1CC1)c1ccc(CNc2c(Cl)ccc3c2CCNC3)cc1. The van der Waals surface area contributed by atoms with Crippen LogP contribution in [0.3, 0.4) is 0 Å². The predicted molar refractivity (Wildman–Crippen MR) is 114 cm³/mol. The van der Waals surface area contributed by atoms with Crippen LogP contribution in [-0.4, -0.2) is 18.8 Å². The Morgan fingerprint density at radius 3 is 2.78 bits per heavy atom. The van der Waals surface area contributed by atoms with Crippen LogP contribution in [0, 0.1) is 5.92 Å². The van der Waals surface area contributed by atoms with Crippen molar-refractivity contribution in [2.45, 2.75) is 39.3 Å². The fraction of sp³-hybridized carbons (Fsp3) is 0.409. The topological polar surface area (TPSA) is 48.5 Å². The first-order valence-corrected chi connectivity index (χ1v) is 10.2. The molecule has 0 radical (unpaired) electrons. The van der Waals surface area contributed by atoms with E-state index in [0.717, 1.165) is 60.5 Å². The number of hydrogen-bond donors (Lipinski definition) is 3. The third-order valence-corrected chi connectivity index (χ3v) is 5.71. The molecule has 2 aliphatic rings. The van der Waals surface area contributed by atoms with Crippen LogP contribution < -0.4 is 16.1 Å². The molecular weight excluding hydrogens is 356 g/mol. The Kier molecular flexibility index (Phi) is 5.65. The Bertz CT molecular complexity index is 825. The molecule has 1 aliphatic heterocycles. The van der Waals surface area contributed by atoms with Gasteiger partial charge in [-0.05, 0) is 67.0 Å². The van der Waals surface area contributed by atoms with E-state index in [1.165, 1.54) is 29.5 Å². The van der Waals surface area contributed by atoms with Gasteiger partial charge in [-0.3, -0.25) is 0 Å². The summed E-state index contributed by atoms with van der Waals surface area (Å²) < 4.78 is 0. The maximum Gasteiger partial charge on any atom is 0.0644 e. The van der Waals surface area contributed by atoms with Crippen LogP contribution in [0.25, 0.3) is 0 Å². The average Bonchev–Trinajstić information content (AvgIpc) is 3.52. The second-order valence-electron chi connectivity index (χ2n) is 7.54. The number of nitrogens with zero attached hydrogens (tertiary/aromatic N) is 1. The number of halogens is 1. The first-order valence-electron chi connectivity index (χ1n) is 9.82. The van der Waals surface area contributed by atoms with Crippen molar-refractivity contribution in [2.75, 3.05) is 18.4 Å². The molecular formula is C22H27ClN4. The van der Waals surface area contributed by atoms with Gasteiger partial charge in [0.15, 0.2) is 0 Å². The molecule has 1 fully saturated rings. The molecule has 142 valence electrons. The Morgan fingerprint density at radius 2 is 2.00 bits per heavy atom. The lowest BCUT2D eigenvalue weighted by molar-refractivity contribution is 0.644. The molecule has 1 heterocycles. The van der Waals surface area contributed by atoms with Crippen molar-refractivity contribution >= 4 is 23.0 Å². The first kappa shape index (κ1) is 18.3. The minimum absolute atomic E-state index is 0.764. The Morgan fingerprint density at radius 1 is 1.19 bits per heavy atom. The fourth-order valence-electron chi connectivity index (χ4n) is 3.48. The summed E-state index contributed by atoms with van der Waals surface area (Å²) in [5.74, 6) is 0.835. The number of rotatable bonds is 7. The van der Waals surface area contributed by atoms with E-state index in [-0.39, 0.29) is 0 Å². The van der Waals surface area contributed by atoms with Gasteiger partial charge in [-0.25, -0.2) is 0 Å². The highest BCUT2D eigenvalue weighted by Gasteiger charge is 2.20. The Hall–Kier alpha value is -2.04. The summed E-state index contributed by atoms with van der Waals surface area (Å²) in [6, 6.07) is 12.7. The highest BCUT2D eigenvalue weighted by Crippen LogP contribution is 2.31. The van der Waals surface area contributed by atoms with Gasteiger partial charge < -0.3 is 16.1 Å². The van der Waals surface area contributed by atoms with E-state index in [1.807, 2.05) is 6.07 Å². The van der Waals surface area contributed by atoms with Crippen molar-refractivity contribution in [2.24, 2.45) is 11.0 Å². The Balaban J connectivity index is 1.39. The van der Waals surface area contributed by atoms with Gasteiger partial charge in [0.2, 0.25) is 0 Å². The summed E-state index contributed by atoms with van der Waals surface area (Å²) in [6.07, 6.45) is 3.70. The molecule has 2 aromatic rings. The van der Waals surface area contributed by atoms with Gasteiger partial charge >= 0.3 is 0 Å². The highest BCUT2D eigenvalue weighted by atomic mass is 35.5. The second-order valence-corrected chi connectivity index (χ2v) is 7.95. The molecule has 5 heteroatoms. The number of hydrogen-bond acceptors (Lipinski definition) is 4. The van der Waals surface area contributed by atoms with Crippen LogP contribution in [0.4, 0.5) is 5.69 Å². The molecule has 2 aromatic carbocycles. The summed E-state index contributed by atoms with van der Waals surface area (Å²) in [6.45, 7) is 5.74. The van der Waals surface area contributed by atoms with Gasteiger partial charge in [-0.1, -0.05) is 41.9 Å². The highest BCUT2D eigenvalue weighted by molar-refractivity contribution is 6.33. The molecule has 0 spiro atoms. The van der Waals surface area contributed by atoms with Crippen molar-refractivity contribution < 1.29 is 0 Å². The number of hydrazone groups is 1. The molecule has 3 N–H and O–H groups in total. The summed E-state index contributed by atoms with van der Waals surface area (Å²) in [7, 11) is 0. The lowest BCUT2D eigenvalue weighted by atomic mass is 9.98. The molecule has 0 aromatic heterocycles. The third-order valence-electron chi connectivity index (χ3n) is 5.39. The molecule has 0 atom stereocenters. The van der Waals surface area contributed by atoms with Gasteiger partial charge in [-0.15, -0.1) is 0 Å². The lowest BCUT2D eigenvalue weighted by Crippen LogP contribution is -2.24. The van der Waals surface area contributed by atoms with Crippen LogP contribution >= 0.6 is 11.6 Å². The van der Waals surface area contributed by atoms with Crippen molar-refractivity contribution in [3.8, 4) is 0 Å². The minimum atomic E-state index is 0.764. The van der Waals surface area contributed by atoms with E-state index >= 15 is 0 Å². The van der Waals surface area contributed by atoms with Crippen molar-refractivity contribution in [1.29, 1.82) is 0 Å².